The van der Waals surface area contributed by atoms with Crippen molar-refractivity contribution in [2.75, 3.05) is 4.90 Å². The average molecular weight is 744 g/mol. The number of fused-ring (bicyclic) bond motifs is 6. The summed E-state index contributed by atoms with van der Waals surface area (Å²) in [5, 5.41) is 6.58. The standard InChI is InChI=1S/C56H37NO/c1-2-11-38(12-3-1)44-16-8-17-45(37-44)39-23-30-46(31-24-39)57(47-32-25-42(26-33-47)50-20-9-15-40-13-4-6-18-49(40)50)48-34-27-43(28-35-48)51-21-10-22-54-55(51)53-36-29-41-14-5-7-19-52(41)56(53)58-54/h1-37H/i23D,24D,30D,31D. The van der Waals surface area contributed by atoms with Crippen molar-refractivity contribution in [1.82, 2.24) is 0 Å². The van der Waals surface area contributed by atoms with Gasteiger partial charge in [0.15, 0.2) is 0 Å². The lowest BCUT2D eigenvalue weighted by Gasteiger charge is -2.26. The van der Waals surface area contributed by atoms with Crippen LogP contribution in [0.15, 0.2) is 229 Å². The van der Waals surface area contributed by atoms with Crippen LogP contribution in [0.25, 0.3) is 88.0 Å². The second-order valence-electron chi connectivity index (χ2n) is 14.6. The Balaban J connectivity index is 1.06. The molecule has 11 rings (SSSR count). The monoisotopic (exact) mass is 743 g/mol. The molecule has 0 amide bonds. The van der Waals surface area contributed by atoms with Gasteiger partial charge in [-0.3, -0.25) is 0 Å². The third-order valence-corrected chi connectivity index (χ3v) is 11.1. The van der Waals surface area contributed by atoms with Crippen molar-refractivity contribution in [2.45, 2.75) is 0 Å². The smallest absolute Gasteiger partial charge is 0.143 e. The predicted octanol–water partition coefficient (Wildman–Crippen LogP) is 16.0. The highest BCUT2D eigenvalue weighted by molar-refractivity contribution is 6.19. The molecule has 0 unspecified atom stereocenters. The summed E-state index contributed by atoms with van der Waals surface area (Å²) in [7, 11) is 0. The van der Waals surface area contributed by atoms with Crippen molar-refractivity contribution < 1.29 is 9.90 Å². The van der Waals surface area contributed by atoms with Crippen LogP contribution in [0.3, 0.4) is 0 Å². The third kappa shape index (κ3) is 5.91. The van der Waals surface area contributed by atoms with Gasteiger partial charge in [-0.15, -0.1) is 0 Å². The Morgan fingerprint density at radius 3 is 1.64 bits per heavy atom. The van der Waals surface area contributed by atoms with E-state index in [2.05, 4.69) is 84.9 Å². The fourth-order valence-electron chi connectivity index (χ4n) is 8.31. The van der Waals surface area contributed by atoms with Gasteiger partial charge in [-0.1, -0.05) is 170 Å². The Hall–Kier alpha value is -7.68. The fourth-order valence-corrected chi connectivity index (χ4v) is 8.31. The lowest BCUT2D eigenvalue weighted by atomic mass is 9.97. The SMILES string of the molecule is [2H]c1c([2H])c(N(c2ccc(-c3cccc4ccccc34)cc2)c2ccc(-c3cccc4oc5c6ccccc6ccc5c34)cc2)c([2H])c([2H])c1-c1cccc(-c2ccccc2)c1. The second-order valence-corrected chi connectivity index (χ2v) is 14.6. The molecule has 0 saturated carbocycles. The molecule has 0 aliphatic rings. The average Bonchev–Trinajstić information content (AvgIpc) is 3.73. The van der Waals surface area contributed by atoms with Gasteiger partial charge in [0.25, 0.3) is 0 Å². The van der Waals surface area contributed by atoms with Crippen molar-refractivity contribution >= 4 is 60.5 Å². The minimum atomic E-state index is -0.129. The van der Waals surface area contributed by atoms with Gasteiger partial charge in [-0.05, 0) is 115 Å². The van der Waals surface area contributed by atoms with Crippen LogP contribution in [0.4, 0.5) is 17.1 Å². The van der Waals surface area contributed by atoms with Crippen molar-refractivity contribution in [3.63, 3.8) is 0 Å². The first-order valence-corrected chi connectivity index (χ1v) is 19.5. The van der Waals surface area contributed by atoms with E-state index in [9.17, 15) is 5.48 Å². The zero-order chi connectivity index (χ0) is 41.9. The summed E-state index contributed by atoms with van der Waals surface area (Å²) in [5.74, 6) is 0. The molecule has 0 N–H and O–H groups in total. The topological polar surface area (TPSA) is 16.4 Å². The molecule has 0 radical (unpaired) electrons. The molecule has 1 heterocycles. The van der Waals surface area contributed by atoms with Gasteiger partial charge < -0.3 is 9.32 Å². The van der Waals surface area contributed by atoms with E-state index in [-0.39, 0.29) is 35.4 Å². The summed E-state index contributed by atoms with van der Waals surface area (Å²) >= 11 is 0. The molecule has 0 bridgehead atoms. The maximum Gasteiger partial charge on any atom is 0.143 e. The highest BCUT2D eigenvalue weighted by Gasteiger charge is 2.17. The first-order valence-electron chi connectivity index (χ1n) is 21.5. The van der Waals surface area contributed by atoms with E-state index >= 15 is 0 Å². The van der Waals surface area contributed by atoms with Crippen molar-refractivity contribution in [1.29, 1.82) is 0 Å². The summed E-state index contributed by atoms with van der Waals surface area (Å²) in [5.41, 5.74) is 10.2. The molecule has 1 aromatic heterocycles. The molecule has 11 aromatic rings. The molecule has 2 heteroatoms. The Morgan fingerprint density at radius 1 is 0.345 bits per heavy atom. The highest BCUT2D eigenvalue weighted by atomic mass is 16.3. The van der Waals surface area contributed by atoms with Gasteiger partial charge in [0.05, 0.1) is 5.48 Å². The first-order chi connectivity index (χ1) is 30.4. The Kier molecular flexibility index (Phi) is 7.20. The molecule has 58 heavy (non-hydrogen) atoms. The van der Waals surface area contributed by atoms with Crippen LogP contribution in [0.5, 0.6) is 0 Å². The van der Waals surface area contributed by atoms with Gasteiger partial charge >= 0.3 is 0 Å². The maximum atomic E-state index is 9.58. The van der Waals surface area contributed by atoms with E-state index in [0.29, 0.717) is 16.9 Å². The number of anilines is 3. The molecule has 0 spiro atoms. The zero-order valence-corrected chi connectivity index (χ0v) is 31.4. The summed E-state index contributed by atoms with van der Waals surface area (Å²) in [6, 6.07) is 66.7. The number of rotatable bonds is 7. The van der Waals surface area contributed by atoms with Crippen LogP contribution in [0.1, 0.15) is 5.48 Å². The van der Waals surface area contributed by atoms with E-state index in [1.54, 1.807) is 0 Å². The van der Waals surface area contributed by atoms with E-state index in [4.69, 9.17) is 4.42 Å². The summed E-state index contributed by atoms with van der Waals surface area (Å²) < 4.78 is 44.5. The van der Waals surface area contributed by atoms with E-state index < -0.39 is 0 Å². The second kappa shape index (κ2) is 14.1. The van der Waals surface area contributed by atoms with E-state index in [0.717, 1.165) is 76.9 Å². The Bertz CT molecular complexity index is 3470. The van der Waals surface area contributed by atoms with Gasteiger partial charge in [0.1, 0.15) is 11.2 Å². The molecule has 10 aromatic carbocycles. The van der Waals surface area contributed by atoms with Crippen molar-refractivity contribution in [3.05, 3.63) is 224 Å². The number of furan rings is 1. The quantitative estimate of drug-likeness (QED) is 0.162. The Morgan fingerprint density at radius 2 is 0.897 bits per heavy atom. The molecule has 0 fully saturated rings. The minimum Gasteiger partial charge on any atom is -0.455 e. The molecule has 2 nitrogen and oxygen atoms in total. The molecule has 272 valence electrons. The van der Waals surface area contributed by atoms with Crippen LogP contribution < -0.4 is 4.90 Å². The summed E-state index contributed by atoms with van der Waals surface area (Å²) in [6.07, 6.45) is 0. The van der Waals surface area contributed by atoms with Crippen LogP contribution >= 0.6 is 0 Å². The summed E-state index contributed by atoms with van der Waals surface area (Å²) in [4.78, 5) is 1.85. The Labute approximate surface area is 343 Å². The number of hydrogen-bond donors (Lipinski definition) is 0. The van der Waals surface area contributed by atoms with Crippen LogP contribution in [-0.4, -0.2) is 0 Å². The van der Waals surface area contributed by atoms with Gasteiger partial charge in [-0.2, -0.15) is 0 Å². The van der Waals surface area contributed by atoms with E-state index in [1.807, 2.05) is 120 Å². The lowest BCUT2D eigenvalue weighted by molar-refractivity contribution is 0.673. The molecule has 0 aliphatic carbocycles. The number of hydrogen-bond acceptors (Lipinski definition) is 2. The molecule has 0 atom stereocenters. The minimum absolute atomic E-state index is 0.105. The normalized spacial score (nSPS) is 12.4. The van der Waals surface area contributed by atoms with Gasteiger partial charge in [0.2, 0.25) is 0 Å². The molecule has 0 saturated heterocycles. The maximum absolute atomic E-state index is 9.58. The largest absolute Gasteiger partial charge is 0.455 e. The molecular weight excluding hydrogens is 703 g/mol. The third-order valence-electron chi connectivity index (χ3n) is 11.1. The van der Waals surface area contributed by atoms with Crippen molar-refractivity contribution in [3.8, 4) is 44.5 Å². The van der Waals surface area contributed by atoms with Crippen LogP contribution in [0.2, 0.25) is 0 Å². The van der Waals surface area contributed by atoms with Crippen LogP contribution in [-0.2, 0) is 0 Å². The summed E-state index contributed by atoms with van der Waals surface area (Å²) in [6.45, 7) is 0. The first kappa shape index (κ1) is 29.6. The number of benzene rings is 10. The zero-order valence-electron chi connectivity index (χ0n) is 35.4. The number of nitrogens with zero attached hydrogens (tertiary/aromatic N) is 1. The fraction of sp³-hybridized carbons (Fsp3) is 0. The molecule has 0 aliphatic heterocycles. The van der Waals surface area contributed by atoms with Crippen LogP contribution in [0, 0.1) is 0 Å². The lowest BCUT2D eigenvalue weighted by Crippen LogP contribution is -2.09. The van der Waals surface area contributed by atoms with Gasteiger partial charge in [0, 0.05) is 33.2 Å². The predicted molar refractivity (Wildman–Crippen MR) is 245 cm³/mol. The van der Waals surface area contributed by atoms with Crippen molar-refractivity contribution in [2.24, 2.45) is 0 Å². The molecular formula is C56H37NO. The van der Waals surface area contributed by atoms with E-state index in [1.165, 1.54) is 0 Å². The van der Waals surface area contributed by atoms with Gasteiger partial charge in [-0.25, -0.2) is 0 Å². The highest BCUT2D eigenvalue weighted by Crippen LogP contribution is 2.42.